The maximum atomic E-state index is 11.2. The molecule has 1 unspecified atom stereocenters. The maximum Gasteiger partial charge on any atom is 0.184 e. The number of methoxy groups -OCH3 is 1. The molecule has 3 rings (SSSR count). The lowest BCUT2D eigenvalue weighted by atomic mass is 10.0. The summed E-state index contributed by atoms with van der Waals surface area (Å²) in [6, 6.07) is 9.65. The molecule has 0 radical (unpaired) electrons. The molecule has 0 aromatic heterocycles. The van der Waals surface area contributed by atoms with E-state index in [-0.39, 0.29) is 12.2 Å². The van der Waals surface area contributed by atoms with E-state index in [0.29, 0.717) is 6.61 Å². The molecule has 5 heteroatoms. The third-order valence-corrected chi connectivity index (χ3v) is 3.52. The first kappa shape index (κ1) is 12.7. The van der Waals surface area contributed by atoms with Crippen LogP contribution >= 0.6 is 0 Å². The summed E-state index contributed by atoms with van der Waals surface area (Å²) in [7, 11) is 1.52. The van der Waals surface area contributed by atoms with Crippen molar-refractivity contribution in [2.45, 2.75) is 24.8 Å². The van der Waals surface area contributed by atoms with Gasteiger partial charge in [-0.1, -0.05) is 30.3 Å². The third-order valence-electron chi connectivity index (χ3n) is 3.52. The van der Waals surface area contributed by atoms with Gasteiger partial charge in [-0.2, -0.15) is 0 Å². The van der Waals surface area contributed by atoms with Crippen molar-refractivity contribution in [1.82, 2.24) is 0 Å². The van der Waals surface area contributed by atoms with Gasteiger partial charge in [0.25, 0.3) is 0 Å². The Balaban J connectivity index is 1.77. The van der Waals surface area contributed by atoms with Gasteiger partial charge in [0.15, 0.2) is 12.6 Å². The fourth-order valence-corrected chi connectivity index (χ4v) is 2.56. The zero-order valence-corrected chi connectivity index (χ0v) is 10.6. The number of carbonyl (C=O) groups is 1. The van der Waals surface area contributed by atoms with Crippen LogP contribution in [0.4, 0.5) is 0 Å². The predicted molar refractivity (Wildman–Crippen MR) is 65.2 cm³/mol. The second kappa shape index (κ2) is 5.38. The normalized spacial score (nSPS) is 37.8. The monoisotopic (exact) mass is 264 g/mol. The van der Waals surface area contributed by atoms with E-state index in [1.54, 1.807) is 0 Å². The minimum atomic E-state index is -0.550. The van der Waals surface area contributed by atoms with Gasteiger partial charge in [-0.3, -0.25) is 0 Å². The fraction of sp³-hybridized carbons (Fsp3) is 0.500. The van der Waals surface area contributed by atoms with Crippen molar-refractivity contribution in [2.75, 3.05) is 13.7 Å². The molecule has 102 valence electrons. The summed E-state index contributed by atoms with van der Waals surface area (Å²) in [5, 5.41) is 0. The quantitative estimate of drug-likeness (QED) is 0.770. The Labute approximate surface area is 111 Å². The molecule has 2 saturated heterocycles. The van der Waals surface area contributed by atoms with Crippen LogP contribution in [0.2, 0.25) is 0 Å². The van der Waals surface area contributed by atoms with E-state index >= 15 is 0 Å². The smallest absolute Gasteiger partial charge is 0.184 e. The van der Waals surface area contributed by atoms with Crippen LogP contribution in [0, 0.1) is 5.92 Å². The SMILES string of the molecule is CO[C@@H]1O[C@@H]2COC(c3ccccc3)O[C@@H]2[C@H]1C=O. The number of fused-ring (bicyclic) bond motifs is 1. The zero-order valence-electron chi connectivity index (χ0n) is 10.6. The summed E-state index contributed by atoms with van der Waals surface area (Å²) in [5.74, 6) is -0.412. The summed E-state index contributed by atoms with van der Waals surface area (Å²) < 4.78 is 22.3. The molecule has 5 nitrogen and oxygen atoms in total. The van der Waals surface area contributed by atoms with Gasteiger partial charge in [0.05, 0.1) is 12.5 Å². The number of benzene rings is 1. The summed E-state index contributed by atoms with van der Waals surface area (Å²) >= 11 is 0. The van der Waals surface area contributed by atoms with Crippen LogP contribution in [0.3, 0.4) is 0 Å². The maximum absolute atomic E-state index is 11.2. The molecule has 2 heterocycles. The van der Waals surface area contributed by atoms with Crippen LogP contribution in [0.25, 0.3) is 0 Å². The van der Waals surface area contributed by atoms with Crippen LogP contribution in [0.15, 0.2) is 30.3 Å². The van der Waals surface area contributed by atoms with Crippen LogP contribution in [0.1, 0.15) is 11.9 Å². The molecule has 19 heavy (non-hydrogen) atoms. The van der Waals surface area contributed by atoms with E-state index in [2.05, 4.69) is 0 Å². The molecule has 2 aliphatic rings. The first-order valence-electron chi connectivity index (χ1n) is 6.29. The van der Waals surface area contributed by atoms with E-state index < -0.39 is 18.5 Å². The highest BCUT2D eigenvalue weighted by atomic mass is 16.7. The van der Waals surface area contributed by atoms with Crippen LogP contribution in [-0.4, -0.2) is 38.5 Å². The van der Waals surface area contributed by atoms with Gasteiger partial charge in [0, 0.05) is 12.7 Å². The van der Waals surface area contributed by atoms with Crippen molar-refractivity contribution in [3.63, 3.8) is 0 Å². The van der Waals surface area contributed by atoms with Crippen molar-refractivity contribution >= 4 is 6.29 Å². The summed E-state index contributed by atoms with van der Waals surface area (Å²) in [6.45, 7) is 0.397. The van der Waals surface area contributed by atoms with Crippen LogP contribution in [0.5, 0.6) is 0 Å². The Morgan fingerprint density at radius 3 is 2.74 bits per heavy atom. The highest BCUT2D eigenvalue weighted by molar-refractivity contribution is 5.56. The third kappa shape index (κ3) is 2.30. The Hall–Kier alpha value is -1.27. The first-order chi connectivity index (χ1) is 9.33. The Morgan fingerprint density at radius 1 is 1.26 bits per heavy atom. The molecule has 0 N–H and O–H groups in total. The van der Waals surface area contributed by atoms with Crippen LogP contribution < -0.4 is 0 Å². The molecule has 2 fully saturated rings. The van der Waals surface area contributed by atoms with Crippen molar-refractivity contribution in [2.24, 2.45) is 5.92 Å². The molecule has 5 atom stereocenters. The molecular weight excluding hydrogens is 248 g/mol. The molecule has 0 saturated carbocycles. The summed E-state index contributed by atoms with van der Waals surface area (Å²) in [4.78, 5) is 11.2. The number of rotatable bonds is 3. The van der Waals surface area contributed by atoms with E-state index in [0.717, 1.165) is 11.8 Å². The molecule has 1 aromatic rings. The molecule has 0 bridgehead atoms. The predicted octanol–water partition coefficient (Wildman–Crippen LogP) is 1.29. The summed E-state index contributed by atoms with van der Waals surface area (Å²) in [5.41, 5.74) is 0.937. The Bertz CT molecular complexity index is 435. The van der Waals surface area contributed by atoms with Crippen molar-refractivity contribution < 1.29 is 23.7 Å². The van der Waals surface area contributed by atoms with Gasteiger partial charge >= 0.3 is 0 Å². The molecular formula is C14H16O5. The van der Waals surface area contributed by atoms with Crippen LogP contribution in [-0.2, 0) is 23.7 Å². The standard InChI is InChI=1S/C14H16O5/c1-16-14-10(7-15)12-11(18-14)8-17-13(19-12)9-5-3-2-4-6-9/h2-7,10-14H,8H2,1H3/t10-,11-,12-,13?,14-/m1/s1. The largest absolute Gasteiger partial charge is 0.355 e. The van der Waals surface area contributed by atoms with Gasteiger partial charge in [0.2, 0.25) is 0 Å². The lowest BCUT2D eigenvalue weighted by Gasteiger charge is -2.32. The number of hydrogen-bond acceptors (Lipinski definition) is 5. The highest BCUT2D eigenvalue weighted by Crippen LogP contribution is 2.37. The van der Waals surface area contributed by atoms with Crippen molar-refractivity contribution in [3.8, 4) is 0 Å². The van der Waals surface area contributed by atoms with Gasteiger partial charge < -0.3 is 23.7 Å². The minimum absolute atomic E-state index is 0.250. The van der Waals surface area contributed by atoms with Crippen molar-refractivity contribution in [3.05, 3.63) is 35.9 Å². The molecule has 0 amide bonds. The molecule has 1 aromatic carbocycles. The zero-order chi connectivity index (χ0) is 13.2. The van der Waals surface area contributed by atoms with E-state index in [1.807, 2.05) is 30.3 Å². The molecule has 0 spiro atoms. The summed E-state index contributed by atoms with van der Waals surface area (Å²) in [6.07, 6.45) is -0.733. The van der Waals surface area contributed by atoms with Gasteiger partial charge in [-0.25, -0.2) is 0 Å². The lowest BCUT2D eigenvalue weighted by molar-refractivity contribution is -0.250. The first-order valence-corrected chi connectivity index (χ1v) is 6.29. The van der Waals surface area contributed by atoms with Gasteiger partial charge in [0.1, 0.15) is 18.5 Å². The molecule has 0 aliphatic carbocycles. The average Bonchev–Trinajstić information content (AvgIpc) is 2.84. The number of aldehydes is 1. The topological polar surface area (TPSA) is 54.0 Å². The Morgan fingerprint density at radius 2 is 2.05 bits per heavy atom. The lowest BCUT2D eigenvalue weighted by Crippen LogP contribution is -2.41. The van der Waals surface area contributed by atoms with Crippen molar-refractivity contribution in [1.29, 1.82) is 0 Å². The fourth-order valence-electron chi connectivity index (χ4n) is 2.56. The van der Waals surface area contributed by atoms with Gasteiger partial charge in [-0.05, 0) is 0 Å². The second-order valence-electron chi connectivity index (χ2n) is 4.67. The minimum Gasteiger partial charge on any atom is -0.355 e. The van der Waals surface area contributed by atoms with E-state index in [4.69, 9.17) is 18.9 Å². The Kier molecular flexibility index (Phi) is 3.61. The molecule has 2 aliphatic heterocycles. The number of ether oxygens (including phenoxy) is 4. The number of carbonyl (C=O) groups excluding carboxylic acids is 1. The van der Waals surface area contributed by atoms with E-state index in [9.17, 15) is 4.79 Å². The van der Waals surface area contributed by atoms with E-state index in [1.165, 1.54) is 7.11 Å². The highest BCUT2D eigenvalue weighted by Gasteiger charge is 2.49. The average molecular weight is 264 g/mol. The van der Waals surface area contributed by atoms with Gasteiger partial charge in [-0.15, -0.1) is 0 Å². The number of hydrogen-bond donors (Lipinski definition) is 0. The second-order valence-corrected chi connectivity index (χ2v) is 4.67.